The number of aromatic nitrogens is 6. The molecule has 21 N–H and O–H groups in total. The molecular weight excluding hydrogens is 1450 g/mol. The van der Waals surface area contributed by atoms with Gasteiger partial charge in [-0.05, 0) is 64.7 Å². The number of carboxylic acids is 1. The van der Waals surface area contributed by atoms with Crippen molar-refractivity contribution in [3.8, 4) is 0 Å². The van der Waals surface area contributed by atoms with E-state index >= 15 is 0 Å². The van der Waals surface area contributed by atoms with E-state index in [4.69, 9.17) is 11.5 Å². The van der Waals surface area contributed by atoms with Gasteiger partial charge in [0.15, 0.2) is 0 Å². The quantitative estimate of drug-likeness (QED) is 0.0295. The maximum Gasteiger partial charge on any atom is 0.303 e. The van der Waals surface area contributed by atoms with Crippen LogP contribution in [0.2, 0.25) is 0 Å². The Morgan fingerprint density at radius 2 is 0.843 bits per heavy atom. The molecule has 0 spiro atoms. The highest BCUT2D eigenvalue weighted by molar-refractivity contribution is 8.00. The van der Waals surface area contributed by atoms with Crippen LogP contribution in [0.25, 0.3) is 0 Å². The number of aliphatic carboxylic acids is 1. The third-order valence-electron chi connectivity index (χ3n) is 14.3. The predicted molar refractivity (Wildman–Crippen MR) is 401 cm³/mol. The van der Waals surface area contributed by atoms with E-state index in [1.54, 1.807) is 40.3 Å². The minimum Gasteiger partial charge on any atom is -0.481 e. The fraction of sp³-hybridized carbons (Fsp3) is 0.712. The molecule has 0 aliphatic heterocycles. The summed E-state index contributed by atoms with van der Waals surface area (Å²) in [7, 11) is 3.24. The smallest absolute Gasteiger partial charge is 0.303 e. The summed E-state index contributed by atoms with van der Waals surface area (Å²) >= 11 is 1.74. The number of nitrogens with one attached hydrogen (secondary N) is 13. The summed E-state index contributed by atoms with van der Waals surface area (Å²) in [6.45, 7) is 26.2. The molecular formula is C66H119N21O19S2. The number of carbonyl (C=O) groups excluding carboxylic acids is 14. The maximum absolute atomic E-state index is 14.4. The van der Waals surface area contributed by atoms with Crippen LogP contribution in [-0.2, 0) is 99.1 Å². The standard InChI is InChI=1S/C56H93N21O19S2.2C4H10.C2H6/c1-11-26(4)43(69-53(93)38(23-98-25-41(83)60-17-32-20-77(10)75-73-32)68-51(91)35(14-15-42(84)85)65-47(87)27(5)62-49(89)33(57)12-2)55(95)71-45(30(8)80)56(96)70-44(29(7)79)54(94)61-18-39(81)64-34(13-3)50(90)67-37(22-97-24-40(82)59-16-31-19-76(9)74-72-31)52(92)63-28(6)48(88)66-36(21-78)46(58)86;2*1-4(2)3;1-2/h19-20,26-30,33-38,43-45,78-80H,11-18,21-25,57H2,1-10H3,(H2,58,86)(H,59,82)(H,60,83)(H,61,94)(H,62,89)(H,63,92)(H,64,81)(H,65,87)(H,66,88)(H,67,90)(H,68,91)(H,69,93)(H,70,96)(H,71,95)(H,84,85);2*4H,1-3H3;1-2H3/t26?,27-,28-,29?,30?,33-,34-,35-,36-,37-,38-,43-,44-,45-;;;/m0.../s1. The third-order valence-corrected chi connectivity index (χ3v) is 16.4. The van der Waals surface area contributed by atoms with Crippen molar-refractivity contribution >= 4 is 112 Å². The van der Waals surface area contributed by atoms with Gasteiger partial charge in [0.1, 0.15) is 71.8 Å². The van der Waals surface area contributed by atoms with E-state index < -0.39 is 199 Å². The third kappa shape index (κ3) is 42.4. The highest BCUT2D eigenvalue weighted by Crippen LogP contribution is 2.14. The Hall–Kier alpha value is -9.13. The van der Waals surface area contributed by atoms with Gasteiger partial charge in [0.2, 0.25) is 82.7 Å². The Morgan fingerprint density at radius 3 is 1.22 bits per heavy atom. The molecule has 0 fully saturated rings. The van der Waals surface area contributed by atoms with Gasteiger partial charge in [-0.25, -0.2) is 0 Å². The van der Waals surface area contributed by atoms with Crippen molar-refractivity contribution in [1.82, 2.24) is 99.1 Å². The minimum atomic E-state index is -1.93. The number of carbonyl (C=O) groups is 15. The van der Waals surface area contributed by atoms with Gasteiger partial charge < -0.3 is 101 Å². The summed E-state index contributed by atoms with van der Waals surface area (Å²) in [4.78, 5) is 198. The van der Waals surface area contributed by atoms with Crippen LogP contribution in [0.4, 0.5) is 0 Å². The van der Waals surface area contributed by atoms with Crippen molar-refractivity contribution in [1.29, 1.82) is 0 Å². The normalized spacial score (nSPS) is 14.7. The summed E-state index contributed by atoms with van der Waals surface area (Å²) in [6.07, 6.45) is -1.26. The number of aliphatic hydroxyl groups is 3. The number of primary amides is 1. The monoisotopic (exact) mass is 1570 g/mol. The molecule has 0 saturated heterocycles. The van der Waals surface area contributed by atoms with Gasteiger partial charge in [0.05, 0.1) is 56.0 Å². The van der Waals surface area contributed by atoms with Crippen molar-refractivity contribution in [3.05, 3.63) is 23.8 Å². The highest BCUT2D eigenvalue weighted by Gasteiger charge is 2.38. The average Bonchev–Trinajstić information content (AvgIpc) is 0.975. The molecule has 0 saturated carbocycles. The number of hydrogen-bond donors (Lipinski definition) is 19. The van der Waals surface area contributed by atoms with Crippen molar-refractivity contribution in [3.63, 3.8) is 0 Å². The van der Waals surface area contributed by atoms with Gasteiger partial charge in [-0.3, -0.25) is 81.3 Å². The first-order valence-corrected chi connectivity index (χ1v) is 37.8. The lowest BCUT2D eigenvalue weighted by Crippen LogP contribution is -2.63. The summed E-state index contributed by atoms with van der Waals surface area (Å²) in [5, 5.41) is 87.1. The molecule has 0 bridgehead atoms. The van der Waals surface area contributed by atoms with Crippen molar-refractivity contribution in [2.24, 2.45) is 43.3 Å². The van der Waals surface area contributed by atoms with Crippen molar-refractivity contribution in [2.45, 2.75) is 235 Å². The summed E-state index contributed by atoms with van der Waals surface area (Å²) in [5.41, 5.74) is 11.8. The highest BCUT2D eigenvalue weighted by atomic mass is 32.2. The van der Waals surface area contributed by atoms with Crippen LogP contribution in [0.1, 0.15) is 154 Å². The molecule has 14 amide bonds. The molecule has 14 atom stereocenters. The Bertz CT molecular complexity index is 3180. The number of nitrogens with zero attached hydrogens (tertiary/aromatic N) is 6. The first-order chi connectivity index (χ1) is 50.5. The number of thioether (sulfide) groups is 2. The Kier molecular flexibility index (Phi) is 50.9. The Labute approximate surface area is 638 Å². The molecule has 2 rings (SSSR count). The number of aryl methyl sites for hydroxylation is 2. The van der Waals surface area contributed by atoms with Crippen LogP contribution in [0.5, 0.6) is 0 Å². The average molecular weight is 1570 g/mol. The molecule has 0 aliphatic carbocycles. The second kappa shape index (κ2) is 54.5. The maximum atomic E-state index is 14.4. The van der Waals surface area contributed by atoms with E-state index in [0.29, 0.717) is 11.4 Å². The summed E-state index contributed by atoms with van der Waals surface area (Å²) in [5.74, 6) is -15.0. The molecule has 2 aromatic rings. The number of nitrogens with two attached hydrogens (primary N) is 2. The van der Waals surface area contributed by atoms with Crippen LogP contribution in [0, 0.1) is 17.8 Å². The zero-order chi connectivity index (χ0) is 83.2. The number of rotatable bonds is 45. The number of hydrogen-bond acceptors (Lipinski definition) is 25. The lowest BCUT2D eigenvalue weighted by atomic mass is 9.97. The molecule has 0 aliphatic rings. The topological polar surface area (TPSA) is 607 Å². The van der Waals surface area contributed by atoms with Gasteiger partial charge in [-0.15, -0.1) is 33.7 Å². The molecule has 42 heteroatoms. The SMILES string of the molecule is CC.CC(C)C.CC(C)C.CCC(C)[C@H](NC(=O)[C@H](CSCC(=O)NCc1cn(C)nn1)NC(=O)[C@H](CCC(=O)O)NC(=O)[C@H](C)NC(=O)[C@@H](N)CC)C(=O)N[C@H](C(=O)N[C@H](C(=O)NCC(=O)N[C@@H](CC)C(=O)N[C@@H](CSCC(=O)NCc1cn(C)nn1)C(=O)N[C@@H](C)C(=O)N[C@@H](CO)C(N)=O)C(C)O)C(C)O. The first kappa shape index (κ1) is 101. The van der Waals surface area contributed by atoms with Gasteiger partial charge in [0, 0.05) is 44.4 Å². The zero-order valence-corrected chi connectivity index (χ0v) is 66.8. The fourth-order valence-corrected chi connectivity index (χ4v) is 10.0. The van der Waals surface area contributed by atoms with Crippen molar-refractivity contribution < 1.29 is 92.3 Å². The second-order valence-electron chi connectivity index (χ2n) is 26.1. The lowest BCUT2D eigenvalue weighted by Gasteiger charge is -2.30. The molecule has 40 nitrogen and oxygen atoms in total. The Morgan fingerprint density at radius 1 is 0.463 bits per heavy atom. The fourth-order valence-electron chi connectivity index (χ4n) is 8.30. The van der Waals surface area contributed by atoms with Crippen LogP contribution < -0.4 is 80.6 Å². The molecule has 0 aromatic carbocycles. The van der Waals surface area contributed by atoms with E-state index in [1.165, 1.54) is 37.1 Å². The van der Waals surface area contributed by atoms with E-state index in [1.807, 2.05) is 13.8 Å². The molecule has 108 heavy (non-hydrogen) atoms. The predicted octanol–water partition coefficient (Wildman–Crippen LogP) is -5.01. The van der Waals surface area contributed by atoms with Crippen molar-refractivity contribution in [2.75, 3.05) is 36.2 Å². The van der Waals surface area contributed by atoms with Crippen LogP contribution in [-0.4, -0.2) is 254 Å². The zero-order valence-electron chi connectivity index (χ0n) is 65.2. The van der Waals surface area contributed by atoms with E-state index in [0.717, 1.165) is 49.2 Å². The summed E-state index contributed by atoms with van der Waals surface area (Å²) in [6, 6.07) is -16.7. The largest absolute Gasteiger partial charge is 0.481 e. The molecule has 2 heterocycles. The van der Waals surface area contributed by atoms with Gasteiger partial charge in [0.25, 0.3) is 0 Å². The molecule has 2 aromatic heterocycles. The van der Waals surface area contributed by atoms with E-state index in [2.05, 4.69) is 131 Å². The molecule has 0 radical (unpaired) electrons. The van der Waals surface area contributed by atoms with Gasteiger partial charge in [-0.1, -0.05) is 99.9 Å². The number of carboxylic acid groups (broad SMARTS) is 1. The second-order valence-corrected chi connectivity index (χ2v) is 28.2. The molecule has 3 unspecified atom stereocenters. The number of aliphatic hydroxyl groups excluding tert-OH is 3. The van der Waals surface area contributed by atoms with Crippen LogP contribution in [0.3, 0.4) is 0 Å². The molecule has 614 valence electrons. The van der Waals surface area contributed by atoms with Crippen LogP contribution >= 0.6 is 23.5 Å². The van der Waals surface area contributed by atoms with Gasteiger partial charge in [-0.2, -0.15) is 0 Å². The Balaban J connectivity index is 0. The van der Waals surface area contributed by atoms with Crippen LogP contribution in [0.15, 0.2) is 12.4 Å². The first-order valence-electron chi connectivity index (χ1n) is 35.5. The van der Waals surface area contributed by atoms with E-state index in [9.17, 15) is 92.3 Å². The number of amides is 14. The summed E-state index contributed by atoms with van der Waals surface area (Å²) < 4.78 is 2.83. The minimum absolute atomic E-state index is 0.0197. The van der Waals surface area contributed by atoms with Gasteiger partial charge >= 0.3 is 5.97 Å². The lowest BCUT2D eigenvalue weighted by molar-refractivity contribution is -0.139. The van der Waals surface area contributed by atoms with E-state index in [-0.39, 0.29) is 55.4 Å².